The van der Waals surface area contributed by atoms with E-state index in [1.54, 1.807) is 6.66 Å². The van der Waals surface area contributed by atoms with E-state index in [0.717, 1.165) is 19.5 Å². The lowest BCUT2D eigenvalue weighted by atomic mass is 10.2. The third-order valence-corrected chi connectivity index (χ3v) is 6.27. The summed E-state index contributed by atoms with van der Waals surface area (Å²) in [6, 6.07) is 0. The lowest BCUT2D eigenvalue weighted by Crippen LogP contribution is -2.47. The molecule has 0 bridgehead atoms. The maximum absolute atomic E-state index is 13.0. The van der Waals surface area contributed by atoms with E-state index in [9.17, 15) is 4.57 Å². The van der Waals surface area contributed by atoms with E-state index in [2.05, 4.69) is 25.8 Å². The molecule has 0 aliphatic carbocycles. The smallest absolute Gasteiger partial charge is 0.269 e. The van der Waals surface area contributed by atoms with Crippen LogP contribution in [0.4, 0.5) is 0 Å². The Balaban J connectivity index is 1.88. The molecular formula is C15H31N2O4P. The topological polar surface area (TPSA) is 51.2 Å². The number of hydrogen-bond acceptors (Lipinski definition) is 5. The Kier molecular flexibility index (Phi) is 6.46. The number of morpholine rings is 2. The van der Waals surface area contributed by atoms with Gasteiger partial charge in [-0.25, -0.2) is 4.67 Å². The second-order valence-corrected chi connectivity index (χ2v) is 9.17. The minimum Gasteiger partial charge on any atom is -0.373 e. The summed E-state index contributed by atoms with van der Waals surface area (Å²) in [7, 11) is -0.731. The Morgan fingerprint density at radius 2 is 1.73 bits per heavy atom. The van der Waals surface area contributed by atoms with Crippen molar-refractivity contribution in [3.63, 3.8) is 0 Å². The summed E-state index contributed by atoms with van der Waals surface area (Å²) < 4.78 is 32.5. The zero-order chi connectivity index (χ0) is 16.3. The first kappa shape index (κ1) is 18.4. The van der Waals surface area contributed by atoms with Crippen LogP contribution < -0.4 is 0 Å². The highest BCUT2D eigenvalue weighted by atomic mass is 31.2. The van der Waals surface area contributed by atoms with Crippen molar-refractivity contribution < 1.29 is 18.6 Å². The normalized spacial score (nSPS) is 37.9. The first-order valence-electron chi connectivity index (χ1n) is 8.27. The molecule has 7 heteroatoms. The van der Waals surface area contributed by atoms with Crippen molar-refractivity contribution in [3.05, 3.63) is 0 Å². The lowest BCUT2D eigenvalue weighted by Gasteiger charge is -2.40. The van der Waals surface area contributed by atoms with Crippen LogP contribution in [-0.4, -0.2) is 80.5 Å². The quantitative estimate of drug-likeness (QED) is 0.717. The number of rotatable bonds is 5. The number of hydrogen-bond donors (Lipinski definition) is 0. The standard InChI is InChI=1S/C15H31N2O4P/c1-6-14-10-17(8-13(3)20-14)22(5,18)19-11-15-9-16(4)7-12(2)21-15/h12-15H,6-11H2,1-5H3. The second-order valence-electron chi connectivity index (χ2n) is 6.74. The summed E-state index contributed by atoms with van der Waals surface area (Å²) in [5.41, 5.74) is 0. The molecule has 2 fully saturated rings. The van der Waals surface area contributed by atoms with Gasteiger partial charge in [-0.3, -0.25) is 4.57 Å². The molecule has 6 nitrogen and oxygen atoms in total. The fourth-order valence-electron chi connectivity index (χ4n) is 3.21. The van der Waals surface area contributed by atoms with Gasteiger partial charge < -0.3 is 18.9 Å². The van der Waals surface area contributed by atoms with E-state index in [-0.39, 0.29) is 24.4 Å². The lowest BCUT2D eigenvalue weighted by molar-refractivity contribution is -0.0879. The van der Waals surface area contributed by atoms with Gasteiger partial charge in [-0.05, 0) is 27.3 Å². The molecule has 2 heterocycles. The maximum atomic E-state index is 13.0. The summed E-state index contributed by atoms with van der Waals surface area (Å²) in [6.07, 6.45) is 1.33. The molecule has 0 spiro atoms. The fourth-order valence-corrected chi connectivity index (χ4v) is 4.83. The highest BCUT2D eigenvalue weighted by molar-refractivity contribution is 7.55. The Morgan fingerprint density at radius 3 is 2.36 bits per heavy atom. The van der Waals surface area contributed by atoms with Gasteiger partial charge in [-0.2, -0.15) is 0 Å². The first-order valence-corrected chi connectivity index (χ1v) is 10.3. The Bertz CT molecular complexity index is 399. The van der Waals surface area contributed by atoms with Crippen molar-refractivity contribution in [2.45, 2.75) is 51.6 Å². The number of nitrogens with zero attached hydrogens (tertiary/aromatic N) is 2. The molecule has 2 aliphatic rings. The molecule has 0 aromatic rings. The van der Waals surface area contributed by atoms with Crippen LogP contribution in [0.5, 0.6) is 0 Å². The van der Waals surface area contributed by atoms with Crippen molar-refractivity contribution in [2.24, 2.45) is 0 Å². The Morgan fingerprint density at radius 1 is 1.09 bits per heavy atom. The number of likely N-dealkylation sites (N-methyl/N-ethyl adjacent to an activating group) is 1. The van der Waals surface area contributed by atoms with Crippen LogP contribution in [0.1, 0.15) is 27.2 Å². The minimum atomic E-state index is -2.81. The maximum Gasteiger partial charge on any atom is 0.269 e. The average Bonchev–Trinajstić information content (AvgIpc) is 2.43. The van der Waals surface area contributed by atoms with Crippen LogP contribution in [0.25, 0.3) is 0 Å². The molecular weight excluding hydrogens is 303 g/mol. The van der Waals surface area contributed by atoms with Crippen molar-refractivity contribution in [2.75, 3.05) is 46.5 Å². The molecule has 0 N–H and O–H groups in total. The van der Waals surface area contributed by atoms with E-state index in [1.165, 1.54) is 0 Å². The second kappa shape index (κ2) is 7.73. The molecule has 2 aliphatic heterocycles. The molecule has 5 unspecified atom stereocenters. The molecule has 0 radical (unpaired) electrons. The number of ether oxygens (including phenoxy) is 2. The molecule has 2 rings (SSSR count). The summed E-state index contributed by atoms with van der Waals surface area (Å²) in [4.78, 5) is 2.23. The van der Waals surface area contributed by atoms with E-state index >= 15 is 0 Å². The van der Waals surface area contributed by atoms with Crippen LogP contribution in [0.15, 0.2) is 0 Å². The zero-order valence-corrected chi connectivity index (χ0v) is 15.4. The summed E-state index contributed by atoms with van der Waals surface area (Å²) >= 11 is 0. The highest BCUT2D eigenvalue weighted by Gasteiger charge is 2.35. The molecule has 5 atom stereocenters. The van der Waals surface area contributed by atoms with Crippen molar-refractivity contribution in [1.82, 2.24) is 9.57 Å². The van der Waals surface area contributed by atoms with E-state index in [4.69, 9.17) is 14.0 Å². The van der Waals surface area contributed by atoms with Crippen LogP contribution >= 0.6 is 7.52 Å². The van der Waals surface area contributed by atoms with Gasteiger partial charge in [0, 0.05) is 32.8 Å². The van der Waals surface area contributed by atoms with Crippen molar-refractivity contribution in [3.8, 4) is 0 Å². The Hall–Kier alpha value is 0.0300. The molecule has 22 heavy (non-hydrogen) atoms. The monoisotopic (exact) mass is 334 g/mol. The van der Waals surface area contributed by atoms with Gasteiger partial charge in [-0.15, -0.1) is 0 Å². The molecule has 2 saturated heterocycles. The van der Waals surface area contributed by atoms with Gasteiger partial charge in [0.25, 0.3) is 7.52 Å². The van der Waals surface area contributed by atoms with Gasteiger partial charge in [0.05, 0.1) is 31.0 Å². The Labute approximate surface area is 134 Å². The van der Waals surface area contributed by atoms with Crippen LogP contribution in [0.3, 0.4) is 0 Å². The molecule has 0 aromatic carbocycles. The largest absolute Gasteiger partial charge is 0.373 e. The van der Waals surface area contributed by atoms with Crippen LogP contribution in [-0.2, 0) is 18.6 Å². The predicted octanol–water partition coefficient (Wildman–Crippen LogP) is 2.04. The van der Waals surface area contributed by atoms with Crippen molar-refractivity contribution in [1.29, 1.82) is 0 Å². The minimum absolute atomic E-state index is 0.0116. The van der Waals surface area contributed by atoms with Crippen LogP contribution in [0, 0.1) is 0 Å². The summed E-state index contributed by atoms with van der Waals surface area (Å²) in [6.45, 7) is 11.4. The molecule has 0 saturated carbocycles. The molecule has 0 amide bonds. The third kappa shape index (κ3) is 5.02. The summed E-state index contributed by atoms with van der Waals surface area (Å²) in [5, 5.41) is 0. The summed E-state index contributed by atoms with van der Waals surface area (Å²) in [5.74, 6) is 0. The third-order valence-electron chi connectivity index (χ3n) is 4.28. The highest BCUT2D eigenvalue weighted by Crippen LogP contribution is 2.48. The van der Waals surface area contributed by atoms with E-state index < -0.39 is 7.52 Å². The zero-order valence-electron chi connectivity index (χ0n) is 14.5. The average molecular weight is 334 g/mol. The van der Waals surface area contributed by atoms with Gasteiger partial charge in [-0.1, -0.05) is 6.92 Å². The van der Waals surface area contributed by atoms with Gasteiger partial charge in [0.15, 0.2) is 0 Å². The van der Waals surface area contributed by atoms with Gasteiger partial charge in [0.1, 0.15) is 0 Å². The van der Waals surface area contributed by atoms with Gasteiger partial charge in [0.2, 0.25) is 0 Å². The first-order chi connectivity index (χ1) is 10.3. The van der Waals surface area contributed by atoms with E-state index in [1.807, 2.05) is 11.6 Å². The predicted molar refractivity (Wildman–Crippen MR) is 87.5 cm³/mol. The van der Waals surface area contributed by atoms with Crippen molar-refractivity contribution >= 4 is 7.52 Å². The van der Waals surface area contributed by atoms with E-state index in [0.29, 0.717) is 19.7 Å². The fraction of sp³-hybridized carbons (Fsp3) is 1.00. The SMILES string of the molecule is CCC1CN(P(C)(=O)OCC2CN(C)CC(C)O2)CC(C)O1. The van der Waals surface area contributed by atoms with Gasteiger partial charge >= 0.3 is 0 Å². The molecule has 0 aromatic heterocycles. The van der Waals surface area contributed by atoms with Crippen LogP contribution in [0.2, 0.25) is 0 Å². The molecule has 130 valence electrons.